The van der Waals surface area contributed by atoms with E-state index in [4.69, 9.17) is 0 Å². The van der Waals surface area contributed by atoms with Crippen LogP contribution in [-0.4, -0.2) is 14.7 Å². The fourth-order valence-corrected chi connectivity index (χ4v) is 1.61. The number of non-ortho nitro benzene ring substituents is 1. The fraction of sp³-hybridized carbons (Fsp3) is 0.182. The Morgan fingerprint density at radius 1 is 1.32 bits per heavy atom. The van der Waals surface area contributed by atoms with E-state index in [1.807, 2.05) is 0 Å². The van der Waals surface area contributed by atoms with E-state index in [1.165, 1.54) is 24.3 Å². The second-order valence-corrected chi connectivity index (χ2v) is 3.87. The predicted molar refractivity (Wildman–Crippen MR) is 60.4 cm³/mol. The molecular formula is C11H8F3N3O2. The molecular weight excluding hydrogens is 263 g/mol. The Labute approximate surface area is 105 Å². The maximum atomic E-state index is 12.4. The molecule has 0 fully saturated rings. The first-order chi connectivity index (χ1) is 8.79. The number of alkyl halides is 3. The SMILES string of the molecule is Cc1ccc([N+](=O)[O-])cc1-c1ccn(C(F)(F)F)n1. The summed E-state index contributed by atoms with van der Waals surface area (Å²) in [6, 6.07) is 5.14. The zero-order valence-corrected chi connectivity index (χ0v) is 9.68. The molecule has 0 radical (unpaired) electrons. The van der Waals surface area contributed by atoms with E-state index >= 15 is 0 Å². The van der Waals surface area contributed by atoms with E-state index < -0.39 is 11.2 Å². The number of hydrogen-bond acceptors (Lipinski definition) is 3. The van der Waals surface area contributed by atoms with Crippen LogP contribution < -0.4 is 0 Å². The smallest absolute Gasteiger partial charge is 0.258 e. The van der Waals surface area contributed by atoms with E-state index in [1.54, 1.807) is 6.92 Å². The first kappa shape index (κ1) is 13.1. The van der Waals surface area contributed by atoms with Crippen LogP contribution in [0, 0.1) is 17.0 Å². The summed E-state index contributed by atoms with van der Waals surface area (Å²) in [6.45, 7) is 1.64. The molecule has 1 heterocycles. The summed E-state index contributed by atoms with van der Waals surface area (Å²) in [5.41, 5.74) is 0.760. The van der Waals surface area contributed by atoms with Crippen molar-refractivity contribution in [2.75, 3.05) is 0 Å². The molecule has 100 valence electrons. The normalized spacial score (nSPS) is 11.6. The number of nitro groups is 1. The lowest BCUT2D eigenvalue weighted by molar-refractivity contribution is -0.384. The molecule has 0 amide bonds. The molecule has 0 bridgehead atoms. The molecule has 2 aromatic rings. The van der Waals surface area contributed by atoms with Gasteiger partial charge in [-0.15, -0.1) is 13.2 Å². The van der Waals surface area contributed by atoms with Crippen molar-refractivity contribution in [3.63, 3.8) is 0 Å². The average molecular weight is 271 g/mol. The number of rotatable bonds is 2. The van der Waals surface area contributed by atoms with Gasteiger partial charge in [-0.05, 0) is 18.6 Å². The minimum absolute atomic E-state index is 0.0403. The third-order valence-corrected chi connectivity index (χ3v) is 2.56. The van der Waals surface area contributed by atoms with E-state index in [9.17, 15) is 23.3 Å². The van der Waals surface area contributed by atoms with Gasteiger partial charge in [-0.3, -0.25) is 10.1 Å². The van der Waals surface area contributed by atoms with Gasteiger partial charge in [0.1, 0.15) is 0 Å². The average Bonchev–Trinajstić information content (AvgIpc) is 2.78. The molecule has 0 aliphatic carbocycles. The monoisotopic (exact) mass is 271 g/mol. The zero-order chi connectivity index (χ0) is 14.2. The molecule has 0 N–H and O–H groups in total. The van der Waals surface area contributed by atoms with Gasteiger partial charge >= 0.3 is 6.30 Å². The maximum Gasteiger partial charge on any atom is 0.504 e. The highest BCUT2D eigenvalue weighted by Crippen LogP contribution is 2.28. The summed E-state index contributed by atoms with van der Waals surface area (Å²) in [4.78, 5) is 10.1. The summed E-state index contributed by atoms with van der Waals surface area (Å²) in [7, 11) is 0. The van der Waals surface area contributed by atoms with Crippen LogP contribution in [0.4, 0.5) is 18.9 Å². The Bertz CT molecular complexity index is 634. The molecule has 0 atom stereocenters. The highest BCUT2D eigenvalue weighted by molar-refractivity contribution is 5.66. The van der Waals surface area contributed by atoms with Crippen molar-refractivity contribution in [2.24, 2.45) is 0 Å². The Morgan fingerprint density at radius 3 is 2.53 bits per heavy atom. The lowest BCUT2D eigenvalue weighted by atomic mass is 10.1. The van der Waals surface area contributed by atoms with Gasteiger partial charge in [0.25, 0.3) is 5.69 Å². The molecule has 5 nitrogen and oxygen atoms in total. The van der Waals surface area contributed by atoms with Crippen molar-refractivity contribution in [1.82, 2.24) is 9.78 Å². The van der Waals surface area contributed by atoms with Gasteiger partial charge in [0.2, 0.25) is 0 Å². The van der Waals surface area contributed by atoms with Gasteiger partial charge in [0, 0.05) is 23.9 Å². The van der Waals surface area contributed by atoms with Gasteiger partial charge in [-0.2, -0.15) is 9.78 Å². The number of halogens is 3. The summed E-state index contributed by atoms with van der Waals surface area (Å²) in [5, 5.41) is 14.0. The van der Waals surface area contributed by atoms with Gasteiger partial charge in [-0.25, -0.2) is 0 Å². The summed E-state index contributed by atoms with van der Waals surface area (Å²) < 4.78 is 37.1. The van der Waals surface area contributed by atoms with Crippen molar-refractivity contribution < 1.29 is 18.1 Å². The minimum Gasteiger partial charge on any atom is -0.258 e. The van der Waals surface area contributed by atoms with Crippen LogP contribution in [0.2, 0.25) is 0 Å². The van der Waals surface area contributed by atoms with Gasteiger partial charge in [0.15, 0.2) is 0 Å². The Morgan fingerprint density at radius 2 is 2.00 bits per heavy atom. The molecule has 19 heavy (non-hydrogen) atoms. The van der Waals surface area contributed by atoms with Crippen molar-refractivity contribution in [1.29, 1.82) is 0 Å². The number of nitrogens with zero attached hydrogens (tertiary/aromatic N) is 3. The van der Waals surface area contributed by atoms with Gasteiger partial charge in [-0.1, -0.05) is 6.07 Å². The van der Waals surface area contributed by atoms with Crippen molar-refractivity contribution >= 4 is 5.69 Å². The number of hydrogen-bond donors (Lipinski definition) is 0. The number of nitro benzene ring substituents is 1. The van der Waals surface area contributed by atoms with Crippen LogP contribution in [0.15, 0.2) is 30.5 Å². The number of benzene rings is 1. The molecule has 8 heteroatoms. The lowest BCUT2D eigenvalue weighted by Crippen LogP contribution is -2.17. The molecule has 0 saturated heterocycles. The van der Waals surface area contributed by atoms with Crippen molar-refractivity contribution in [3.05, 3.63) is 46.1 Å². The van der Waals surface area contributed by atoms with Crippen LogP contribution in [0.1, 0.15) is 5.56 Å². The largest absolute Gasteiger partial charge is 0.504 e. The lowest BCUT2D eigenvalue weighted by Gasteiger charge is -2.05. The van der Waals surface area contributed by atoms with E-state index in [2.05, 4.69) is 5.10 Å². The van der Waals surface area contributed by atoms with Crippen LogP contribution in [0.25, 0.3) is 11.3 Å². The van der Waals surface area contributed by atoms with E-state index in [0.717, 1.165) is 6.20 Å². The van der Waals surface area contributed by atoms with Crippen LogP contribution >= 0.6 is 0 Å². The van der Waals surface area contributed by atoms with Gasteiger partial charge < -0.3 is 0 Å². The summed E-state index contributed by atoms with van der Waals surface area (Å²) in [6.07, 6.45) is -3.83. The highest BCUT2D eigenvalue weighted by Gasteiger charge is 2.31. The summed E-state index contributed by atoms with van der Waals surface area (Å²) >= 11 is 0. The van der Waals surface area contributed by atoms with Gasteiger partial charge in [0.05, 0.1) is 10.6 Å². The standard InChI is InChI=1S/C11H8F3N3O2/c1-7-2-3-8(17(18)19)6-9(7)10-4-5-16(15-10)11(12,13)14/h2-6H,1H3. The molecule has 0 spiro atoms. The topological polar surface area (TPSA) is 61.0 Å². The highest BCUT2D eigenvalue weighted by atomic mass is 19.4. The molecule has 1 aromatic carbocycles. The van der Waals surface area contributed by atoms with E-state index in [0.29, 0.717) is 11.1 Å². The predicted octanol–water partition coefficient (Wildman–Crippen LogP) is 3.24. The maximum absolute atomic E-state index is 12.4. The van der Waals surface area contributed by atoms with Crippen molar-refractivity contribution in [2.45, 2.75) is 13.2 Å². The Balaban J connectivity index is 2.49. The first-order valence-electron chi connectivity index (χ1n) is 5.17. The quantitative estimate of drug-likeness (QED) is 0.622. The second-order valence-electron chi connectivity index (χ2n) is 3.87. The molecule has 0 unspecified atom stereocenters. The first-order valence-corrected chi connectivity index (χ1v) is 5.17. The molecule has 0 aliphatic heterocycles. The minimum atomic E-state index is -4.60. The molecule has 0 saturated carbocycles. The van der Waals surface area contributed by atoms with Crippen LogP contribution in [0.5, 0.6) is 0 Å². The van der Waals surface area contributed by atoms with Crippen molar-refractivity contribution in [3.8, 4) is 11.3 Å². The van der Waals surface area contributed by atoms with Crippen LogP contribution in [0.3, 0.4) is 0 Å². The number of aryl methyl sites for hydroxylation is 1. The van der Waals surface area contributed by atoms with Crippen LogP contribution in [-0.2, 0) is 6.30 Å². The fourth-order valence-electron chi connectivity index (χ4n) is 1.61. The Kier molecular flexibility index (Phi) is 3.01. The zero-order valence-electron chi connectivity index (χ0n) is 9.68. The second kappa shape index (κ2) is 4.38. The molecule has 2 rings (SSSR count). The number of aromatic nitrogens is 2. The summed E-state index contributed by atoms with van der Waals surface area (Å²) in [5.74, 6) is 0. The molecule has 0 aliphatic rings. The third kappa shape index (κ3) is 2.56. The molecule has 1 aromatic heterocycles. The Hall–Kier alpha value is -2.38. The third-order valence-electron chi connectivity index (χ3n) is 2.56. The van der Waals surface area contributed by atoms with E-state index in [-0.39, 0.29) is 16.1 Å².